The van der Waals surface area contributed by atoms with Gasteiger partial charge in [-0.1, -0.05) is 44.0 Å². The van der Waals surface area contributed by atoms with Crippen molar-refractivity contribution in [3.63, 3.8) is 0 Å². The van der Waals surface area contributed by atoms with Gasteiger partial charge in [-0.2, -0.15) is 5.10 Å². The van der Waals surface area contributed by atoms with E-state index in [4.69, 9.17) is 0 Å². The van der Waals surface area contributed by atoms with Crippen LogP contribution in [-0.4, -0.2) is 20.4 Å². The van der Waals surface area contributed by atoms with Crippen LogP contribution in [0.1, 0.15) is 17.0 Å². The smallest absolute Gasteiger partial charge is 0.123 e. The van der Waals surface area contributed by atoms with Crippen LogP contribution in [-0.2, 0) is 18.9 Å². The highest BCUT2D eigenvalue weighted by Gasteiger charge is 2.33. The Kier molecular flexibility index (Phi) is 5.65. The number of rotatable bonds is 5. The van der Waals surface area contributed by atoms with E-state index in [1.165, 1.54) is 12.1 Å². The first-order chi connectivity index (χ1) is 9.93. The Hall–Kier alpha value is -0.200. The zero-order chi connectivity index (χ0) is 15.6. The molecule has 21 heavy (non-hydrogen) atoms. The van der Waals surface area contributed by atoms with Crippen LogP contribution in [0, 0.1) is 12.7 Å². The molecule has 1 heterocycles. The predicted octanol–water partition coefficient (Wildman–Crippen LogP) is 4.90. The molecule has 0 atom stereocenters. The average molecular weight is 483 g/mol. The second kappa shape index (κ2) is 6.92. The van der Waals surface area contributed by atoms with Crippen LogP contribution in [0.4, 0.5) is 4.39 Å². The van der Waals surface area contributed by atoms with Gasteiger partial charge in [-0.15, -0.1) is 0 Å². The van der Waals surface area contributed by atoms with Gasteiger partial charge in [0.05, 0.1) is 15.9 Å². The Bertz CT molecular complexity index is 619. The van der Waals surface area contributed by atoms with Gasteiger partial charge >= 0.3 is 0 Å². The fourth-order valence-electron chi connectivity index (χ4n) is 2.38. The molecule has 2 rings (SSSR count). The van der Waals surface area contributed by atoms with E-state index in [-0.39, 0.29) is 11.2 Å². The van der Waals surface area contributed by atoms with Crippen molar-refractivity contribution in [2.45, 2.75) is 18.8 Å². The highest BCUT2D eigenvalue weighted by atomic mass is 79.9. The van der Waals surface area contributed by atoms with Crippen LogP contribution in [0.3, 0.4) is 0 Å². The standard InChI is InChI=1S/C15H16Br3FN2/c1-10-14(18)13(21(2)20-10)7-15(8-16,9-17)11-3-5-12(19)6-4-11/h3-6H,7-9H2,1-2H3. The molecule has 2 aromatic rings. The first-order valence-corrected chi connectivity index (χ1v) is 9.53. The molecule has 0 bridgehead atoms. The summed E-state index contributed by atoms with van der Waals surface area (Å²) in [4.78, 5) is 0. The summed E-state index contributed by atoms with van der Waals surface area (Å²) >= 11 is 10.9. The maximum atomic E-state index is 13.2. The van der Waals surface area contributed by atoms with Crippen LogP contribution in [0.2, 0.25) is 0 Å². The second-order valence-electron chi connectivity index (χ2n) is 5.20. The Morgan fingerprint density at radius 1 is 1.19 bits per heavy atom. The number of halogens is 4. The number of hydrogen-bond acceptors (Lipinski definition) is 1. The first kappa shape index (κ1) is 17.2. The minimum absolute atomic E-state index is 0.156. The number of nitrogens with zero attached hydrogens (tertiary/aromatic N) is 2. The Labute approximate surface area is 149 Å². The third kappa shape index (κ3) is 3.42. The van der Waals surface area contributed by atoms with Gasteiger partial charge < -0.3 is 0 Å². The van der Waals surface area contributed by atoms with Gasteiger partial charge in [-0.05, 0) is 40.5 Å². The van der Waals surface area contributed by atoms with Gasteiger partial charge in [0, 0.05) is 29.5 Å². The summed E-state index contributed by atoms with van der Waals surface area (Å²) < 4.78 is 16.1. The van der Waals surface area contributed by atoms with E-state index in [0.29, 0.717) is 0 Å². The third-order valence-corrected chi connectivity index (χ3v) is 6.91. The van der Waals surface area contributed by atoms with Crippen molar-refractivity contribution < 1.29 is 4.39 Å². The van der Waals surface area contributed by atoms with E-state index in [2.05, 4.69) is 52.9 Å². The Morgan fingerprint density at radius 3 is 2.19 bits per heavy atom. The molecule has 0 radical (unpaired) electrons. The molecule has 6 heteroatoms. The summed E-state index contributed by atoms with van der Waals surface area (Å²) in [5.41, 5.74) is 3.06. The van der Waals surface area contributed by atoms with Crippen molar-refractivity contribution in [3.05, 3.63) is 51.5 Å². The predicted molar refractivity (Wildman–Crippen MR) is 95.0 cm³/mol. The van der Waals surface area contributed by atoms with Crippen molar-refractivity contribution >= 4 is 47.8 Å². The van der Waals surface area contributed by atoms with Crippen LogP contribution in [0.5, 0.6) is 0 Å². The quantitative estimate of drug-likeness (QED) is 0.554. The van der Waals surface area contributed by atoms with Gasteiger partial charge in [0.25, 0.3) is 0 Å². The van der Waals surface area contributed by atoms with Crippen molar-refractivity contribution in [1.82, 2.24) is 9.78 Å². The maximum absolute atomic E-state index is 13.2. The van der Waals surface area contributed by atoms with E-state index in [1.54, 1.807) is 0 Å². The van der Waals surface area contributed by atoms with Gasteiger partial charge in [0.2, 0.25) is 0 Å². The lowest BCUT2D eigenvalue weighted by Crippen LogP contribution is -2.34. The molecule has 2 nitrogen and oxygen atoms in total. The topological polar surface area (TPSA) is 17.8 Å². The molecule has 0 amide bonds. The zero-order valence-electron chi connectivity index (χ0n) is 11.8. The molecule has 0 N–H and O–H groups in total. The average Bonchev–Trinajstić information content (AvgIpc) is 2.72. The fraction of sp³-hybridized carbons (Fsp3) is 0.400. The second-order valence-corrected chi connectivity index (χ2v) is 7.12. The van der Waals surface area contributed by atoms with Gasteiger partial charge in [-0.25, -0.2) is 4.39 Å². The van der Waals surface area contributed by atoms with E-state index >= 15 is 0 Å². The van der Waals surface area contributed by atoms with Crippen molar-refractivity contribution in [2.75, 3.05) is 10.7 Å². The monoisotopic (exact) mass is 480 g/mol. The summed E-state index contributed by atoms with van der Waals surface area (Å²) in [6, 6.07) is 6.74. The summed E-state index contributed by atoms with van der Waals surface area (Å²) in [7, 11) is 1.95. The van der Waals surface area contributed by atoms with Crippen LogP contribution in [0.15, 0.2) is 28.7 Å². The molecule has 1 aromatic carbocycles. The first-order valence-electron chi connectivity index (χ1n) is 6.49. The van der Waals surface area contributed by atoms with Crippen LogP contribution in [0.25, 0.3) is 0 Å². The SMILES string of the molecule is Cc1nn(C)c(CC(CBr)(CBr)c2ccc(F)cc2)c1Br. The molecule has 1 aromatic heterocycles. The number of benzene rings is 1. The van der Waals surface area contributed by atoms with E-state index < -0.39 is 0 Å². The number of aromatic nitrogens is 2. The van der Waals surface area contributed by atoms with Crippen molar-refractivity contribution in [1.29, 1.82) is 0 Å². The molecule has 0 spiro atoms. The summed E-state index contributed by atoms with van der Waals surface area (Å²) in [5, 5.41) is 5.99. The van der Waals surface area contributed by atoms with E-state index in [9.17, 15) is 4.39 Å². The highest BCUT2D eigenvalue weighted by molar-refractivity contribution is 9.10. The summed E-state index contributed by atoms with van der Waals surface area (Å²) in [6.07, 6.45) is 0.799. The lowest BCUT2D eigenvalue weighted by atomic mass is 9.80. The highest BCUT2D eigenvalue weighted by Crippen LogP contribution is 2.35. The lowest BCUT2D eigenvalue weighted by Gasteiger charge is -2.31. The van der Waals surface area contributed by atoms with Crippen LogP contribution >= 0.6 is 47.8 Å². The number of alkyl halides is 2. The third-order valence-electron chi connectivity index (χ3n) is 3.74. The molecule has 0 fully saturated rings. The number of hydrogen-bond donors (Lipinski definition) is 0. The van der Waals surface area contributed by atoms with Crippen LogP contribution < -0.4 is 0 Å². The fourth-order valence-corrected chi connectivity index (χ4v) is 4.83. The Balaban J connectivity index is 2.45. The maximum Gasteiger partial charge on any atom is 0.123 e. The van der Waals surface area contributed by atoms with Crippen molar-refractivity contribution in [3.8, 4) is 0 Å². The minimum Gasteiger partial charge on any atom is -0.271 e. The summed E-state index contributed by atoms with van der Waals surface area (Å²) in [5.74, 6) is -0.214. The van der Waals surface area contributed by atoms with Gasteiger partial charge in [-0.3, -0.25) is 4.68 Å². The lowest BCUT2D eigenvalue weighted by molar-refractivity contribution is 0.520. The summed E-state index contributed by atoms with van der Waals surface area (Å²) in [6.45, 7) is 1.98. The molecule has 0 aliphatic carbocycles. The molecule has 0 aliphatic rings. The molecule has 0 saturated carbocycles. The molecule has 0 aliphatic heterocycles. The van der Waals surface area contributed by atoms with Gasteiger partial charge in [0.1, 0.15) is 5.82 Å². The van der Waals surface area contributed by atoms with E-state index in [1.807, 2.05) is 30.8 Å². The molecular formula is C15H16Br3FN2. The largest absolute Gasteiger partial charge is 0.271 e. The number of aryl methyl sites for hydroxylation is 2. The molecule has 0 saturated heterocycles. The zero-order valence-corrected chi connectivity index (χ0v) is 16.6. The minimum atomic E-state index is -0.214. The van der Waals surface area contributed by atoms with E-state index in [0.717, 1.165) is 38.5 Å². The van der Waals surface area contributed by atoms with Gasteiger partial charge in [0.15, 0.2) is 0 Å². The molecule has 114 valence electrons. The normalized spacial score (nSPS) is 11.9. The molecular weight excluding hydrogens is 467 g/mol. The Morgan fingerprint density at radius 2 is 1.76 bits per heavy atom. The van der Waals surface area contributed by atoms with Crippen molar-refractivity contribution in [2.24, 2.45) is 7.05 Å². The molecule has 0 unspecified atom stereocenters.